The second-order valence-electron chi connectivity index (χ2n) is 8.51. The first-order chi connectivity index (χ1) is 10.9. The SMILES string of the molecule is C[C]1[C](C)[C](C)[C](C(F)(F)F)[C]1C.[CH2][CH][Si](C)(C)C.[CH2][CH][Si](C)(C)C.[Rh]. The Balaban J connectivity index is -0.000000345. The van der Waals surface area contributed by atoms with E-state index in [4.69, 9.17) is 0 Å². The number of hydrogen-bond donors (Lipinski definition) is 0. The van der Waals surface area contributed by atoms with Gasteiger partial charge in [0.25, 0.3) is 0 Å². The molecule has 1 aliphatic carbocycles. The quantitative estimate of drug-likeness (QED) is 0.355. The molecule has 0 bridgehead atoms. The van der Waals surface area contributed by atoms with Crippen molar-refractivity contribution in [3.63, 3.8) is 0 Å². The van der Waals surface area contributed by atoms with Crippen LogP contribution < -0.4 is 0 Å². The Kier molecular flexibility index (Phi) is 15.1. The zero-order chi connectivity index (χ0) is 20.8. The Morgan fingerprint density at radius 3 is 0.923 bits per heavy atom. The summed E-state index contributed by atoms with van der Waals surface area (Å²) in [5, 5.41) is 0. The molecule has 0 aromatic rings. The molecule has 0 aromatic heterocycles. The molecule has 6 heteroatoms. The smallest absolute Gasteiger partial charge is 0.170 e. The van der Waals surface area contributed by atoms with Crippen LogP contribution in [0.15, 0.2) is 0 Å². The van der Waals surface area contributed by atoms with Crippen LogP contribution in [-0.4, -0.2) is 22.3 Å². The van der Waals surface area contributed by atoms with E-state index in [-0.39, 0.29) is 19.5 Å². The van der Waals surface area contributed by atoms with Gasteiger partial charge in [0, 0.05) is 35.6 Å². The molecule has 10 radical (unpaired) electrons. The molecular formula is C20H36F3RhSi2. The zero-order valence-electron chi connectivity index (χ0n) is 18.0. The van der Waals surface area contributed by atoms with Crippen LogP contribution in [0.2, 0.25) is 39.3 Å². The third kappa shape index (κ3) is 13.1. The number of alkyl halides is 3. The van der Waals surface area contributed by atoms with Gasteiger partial charge in [-0.25, -0.2) is 0 Å². The molecule has 0 unspecified atom stereocenters. The van der Waals surface area contributed by atoms with Crippen molar-refractivity contribution >= 4 is 16.1 Å². The van der Waals surface area contributed by atoms with E-state index in [0.29, 0.717) is 11.8 Å². The van der Waals surface area contributed by atoms with Crippen LogP contribution in [0.1, 0.15) is 27.7 Å². The van der Waals surface area contributed by atoms with Crippen LogP contribution in [0, 0.1) is 55.5 Å². The molecular weight excluding hydrogens is 456 g/mol. The summed E-state index contributed by atoms with van der Waals surface area (Å²) in [4.78, 5) is 0. The van der Waals surface area contributed by atoms with Gasteiger partial charge in [-0.3, -0.25) is 0 Å². The van der Waals surface area contributed by atoms with Crippen LogP contribution in [0.25, 0.3) is 0 Å². The Morgan fingerprint density at radius 2 is 0.846 bits per heavy atom. The van der Waals surface area contributed by atoms with Gasteiger partial charge in [0.1, 0.15) is 0 Å². The Hall–Kier alpha value is 0.847. The number of hydrogen-bond acceptors (Lipinski definition) is 0. The fraction of sp³-hybridized carbons (Fsp3) is 0.550. The van der Waals surface area contributed by atoms with Gasteiger partial charge in [0.15, 0.2) is 0 Å². The maximum atomic E-state index is 12.5. The van der Waals surface area contributed by atoms with Gasteiger partial charge in [0.05, 0.1) is 5.92 Å². The van der Waals surface area contributed by atoms with E-state index in [2.05, 4.69) is 65.2 Å². The van der Waals surface area contributed by atoms with Crippen LogP contribution in [0.5, 0.6) is 0 Å². The van der Waals surface area contributed by atoms with E-state index in [0.717, 1.165) is 11.8 Å². The summed E-state index contributed by atoms with van der Waals surface area (Å²) >= 11 is 0. The molecule has 0 spiro atoms. The van der Waals surface area contributed by atoms with Crippen molar-refractivity contribution in [1.29, 1.82) is 0 Å². The van der Waals surface area contributed by atoms with Crippen molar-refractivity contribution in [3.05, 3.63) is 55.5 Å². The monoisotopic (exact) mass is 492 g/mol. The molecule has 0 heterocycles. The van der Waals surface area contributed by atoms with Gasteiger partial charge in [-0.1, -0.05) is 80.8 Å². The van der Waals surface area contributed by atoms with Crippen LogP contribution in [0.3, 0.4) is 0 Å². The van der Waals surface area contributed by atoms with Crippen molar-refractivity contribution in [1.82, 2.24) is 0 Å². The molecule has 1 saturated carbocycles. The third-order valence-corrected chi connectivity index (χ3v) is 6.40. The summed E-state index contributed by atoms with van der Waals surface area (Å²) in [6, 6.07) is 4.15. The van der Waals surface area contributed by atoms with Gasteiger partial charge in [-0.15, -0.1) is 0 Å². The predicted octanol–water partition coefficient (Wildman–Crippen LogP) is 7.32. The van der Waals surface area contributed by atoms with Crippen LogP contribution in [-0.2, 0) is 19.5 Å². The van der Waals surface area contributed by atoms with Gasteiger partial charge in [-0.2, -0.15) is 13.2 Å². The molecule has 0 atom stereocenters. The summed E-state index contributed by atoms with van der Waals surface area (Å²) in [7, 11) is -1.73. The molecule has 0 saturated heterocycles. The first-order valence-electron chi connectivity index (χ1n) is 8.46. The standard InChI is InChI=1S/C10H12F3.2C5H12Si.Rh/c1-5-6(2)8(4)9(7(5)3)10(11,12)13;2*1-5-6(2,3)4;/h1-4H3;2*5H,1H2,2-4H3;. The van der Waals surface area contributed by atoms with Crippen molar-refractivity contribution in [3.8, 4) is 0 Å². The molecule has 1 rings (SSSR count). The van der Waals surface area contributed by atoms with Gasteiger partial charge in [0.2, 0.25) is 0 Å². The molecule has 1 fully saturated rings. The zero-order valence-corrected chi connectivity index (χ0v) is 21.7. The van der Waals surface area contributed by atoms with Gasteiger partial charge >= 0.3 is 6.18 Å². The fourth-order valence-electron chi connectivity index (χ4n) is 1.64. The molecule has 0 aromatic carbocycles. The Bertz CT molecular complexity index is 332. The first-order valence-corrected chi connectivity index (χ1v) is 15.6. The maximum absolute atomic E-state index is 12.5. The van der Waals surface area contributed by atoms with Crippen molar-refractivity contribution in [2.24, 2.45) is 0 Å². The molecule has 0 nitrogen and oxygen atoms in total. The van der Waals surface area contributed by atoms with Crippen LogP contribution in [0.4, 0.5) is 13.2 Å². The first kappa shape index (κ1) is 31.5. The average molecular weight is 493 g/mol. The second kappa shape index (κ2) is 12.4. The Morgan fingerprint density at radius 1 is 0.654 bits per heavy atom. The average Bonchev–Trinajstić information content (AvgIpc) is 2.62. The van der Waals surface area contributed by atoms with E-state index in [9.17, 15) is 13.2 Å². The minimum absolute atomic E-state index is 0. The molecule has 26 heavy (non-hydrogen) atoms. The Labute approximate surface area is 177 Å². The van der Waals surface area contributed by atoms with E-state index in [1.54, 1.807) is 13.8 Å². The number of rotatable bonds is 2. The topological polar surface area (TPSA) is 0 Å². The summed E-state index contributed by atoms with van der Waals surface area (Å²) < 4.78 is 37.5. The maximum Gasteiger partial charge on any atom is 0.396 e. The summed E-state index contributed by atoms with van der Waals surface area (Å²) in [5.74, 6) is 1.78. The molecule has 154 valence electrons. The van der Waals surface area contributed by atoms with Crippen LogP contribution >= 0.6 is 0 Å². The molecule has 0 N–H and O–H groups in total. The van der Waals surface area contributed by atoms with E-state index in [1.165, 1.54) is 13.8 Å². The van der Waals surface area contributed by atoms with Gasteiger partial charge < -0.3 is 0 Å². The van der Waals surface area contributed by atoms with Crippen molar-refractivity contribution in [2.75, 3.05) is 0 Å². The third-order valence-electron chi connectivity index (χ3n) is 3.95. The molecule has 0 amide bonds. The van der Waals surface area contributed by atoms with Crippen molar-refractivity contribution < 1.29 is 32.6 Å². The van der Waals surface area contributed by atoms with Crippen molar-refractivity contribution in [2.45, 2.75) is 73.2 Å². The molecule has 1 aliphatic rings. The normalized spacial score (nSPS) is 18.6. The van der Waals surface area contributed by atoms with E-state index >= 15 is 0 Å². The summed E-state index contributed by atoms with van der Waals surface area (Å²) in [6.07, 6.45) is -4.22. The predicted molar refractivity (Wildman–Crippen MR) is 111 cm³/mol. The van der Waals surface area contributed by atoms with E-state index < -0.39 is 28.2 Å². The second-order valence-corrected chi connectivity index (χ2v) is 18.8. The number of halogens is 3. The summed E-state index contributed by atoms with van der Waals surface area (Å²) in [5.41, 5.74) is 0. The fourth-order valence-corrected chi connectivity index (χ4v) is 1.64. The minimum atomic E-state index is -4.22. The van der Waals surface area contributed by atoms with Gasteiger partial charge in [-0.05, 0) is 35.8 Å². The largest absolute Gasteiger partial charge is 0.396 e. The summed E-state index contributed by atoms with van der Waals surface area (Å²) in [6.45, 7) is 27.5. The minimum Gasteiger partial charge on any atom is -0.170 e. The van der Waals surface area contributed by atoms with E-state index in [1.807, 2.05) is 0 Å². The molecule has 0 aliphatic heterocycles.